The molecule has 186 valence electrons. The van der Waals surface area contributed by atoms with Crippen molar-refractivity contribution < 1.29 is 13.5 Å². The number of benzene rings is 1. The summed E-state index contributed by atoms with van der Waals surface area (Å²) in [6.07, 6.45) is 3.47. The molecule has 1 aliphatic rings. The zero-order valence-corrected chi connectivity index (χ0v) is 21.2. The normalized spacial score (nSPS) is 16.1. The summed E-state index contributed by atoms with van der Waals surface area (Å²) in [6.45, 7) is 1.88. The van der Waals surface area contributed by atoms with Crippen molar-refractivity contribution in [2.24, 2.45) is 18.0 Å². The highest BCUT2D eigenvalue weighted by Crippen LogP contribution is 2.29. The van der Waals surface area contributed by atoms with E-state index in [9.17, 15) is 18.0 Å². The topological polar surface area (TPSA) is 111 Å². The summed E-state index contributed by atoms with van der Waals surface area (Å²) in [6, 6.07) is 7.44. The van der Waals surface area contributed by atoms with Gasteiger partial charge in [-0.2, -0.15) is 0 Å². The Hall–Kier alpha value is -2.23. The lowest BCUT2D eigenvalue weighted by atomic mass is 9.95. The van der Waals surface area contributed by atoms with Crippen LogP contribution in [0.2, 0.25) is 5.02 Å². The van der Waals surface area contributed by atoms with E-state index in [0.29, 0.717) is 42.7 Å². The monoisotopic (exact) mass is 509 g/mol. The summed E-state index contributed by atoms with van der Waals surface area (Å²) >= 11 is 5.98. The minimum atomic E-state index is -3.67. The molecule has 1 unspecified atom stereocenters. The number of fused-ring (bicyclic) bond motifs is 1. The molecule has 1 aliphatic heterocycles. The number of aliphatic hydroxyl groups excluding tert-OH is 1. The number of sulfone groups is 1. The van der Waals surface area contributed by atoms with Gasteiger partial charge in [-0.15, -0.1) is 0 Å². The molecular formula is C24H32ClN3O5S. The van der Waals surface area contributed by atoms with Gasteiger partial charge in [-0.25, -0.2) is 18.2 Å². The number of hydrogen-bond donors (Lipinski definition) is 1. The standard InChI is InChI=1S/C24H32ClN3O5S/c1-3-4-16-34(32,33)22-18(9-6-17-7-11-19(25)12-8-17)10-13-20-21(26-22)27(2)24(31)28(23(20)30)14-5-15-29/h7-8,11-12,18,29H,3-6,9-10,13-16H2,1-2H3. The van der Waals surface area contributed by atoms with Gasteiger partial charge in [-0.3, -0.25) is 13.9 Å². The minimum Gasteiger partial charge on any atom is -0.396 e. The number of hydrogen-bond acceptors (Lipinski definition) is 6. The summed E-state index contributed by atoms with van der Waals surface area (Å²) in [7, 11) is -2.16. The van der Waals surface area contributed by atoms with Gasteiger partial charge in [0, 0.05) is 31.1 Å². The molecule has 1 atom stereocenters. The van der Waals surface area contributed by atoms with Crippen LogP contribution in [0.25, 0.3) is 0 Å². The Morgan fingerprint density at radius 2 is 1.88 bits per heavy atom. The molecular weight excluding hydrogens is 478 g/mol. The van der Waals surface area contributed by atoms with E-state index in [1.165, 1.54) is 11.6 Å². The largest absolute Gasteiger partial charge is 0.396 e. The molecule has 0 fully saturated rings. The van der Waals surface area contributed by atoms with Gasteiger partial charge in [-0.05, 0) is 56.2 Å². The van der Waals surface area contributed by atoms with Gasteiger partial charge >= 0.3 is 5.69 Å². The van der Waals surface area contributed by atoms with Crippen LogP contribution in [0.5, 0.6) is 0 Å². The molecule has 8 nitrogen and oxygen atoms in total. The van der Waals surface area contributed by atoms with Crippen LogP contribution in [0.3, 0.4) is 0 Å². The maximum absolute atomic E-state index is 13.3. The second-order valence-corrected chi connectivity index (χ2v) is 11.2. The number of halogens is 1. The van der Waals surface area contributed by atoms with Crippen molar-refractivity contribution in [2.75, 3.05) is 12.4 Å². The molecule has 3 rings (SSSR count). The molecule has 0 spiro atoms. The average molecular weight is 510 g/mol. The highest BCUT2D eigenvalue weighted by molar-refractivity contribution is 8.06. The van der Waals surface area contributed by atoms with Crippen LogP contribution in [0, 0.1) is 5.92 Å². The number of nitrogens with zero attached hydrogens (tertiary/aromatic N) is 3. The fourth-order valence-electron chi connectivity index (χ4n) is 4.27. The number of aliphatic imine (C=N–C) groups is 1. The van der Waals surface area contributed by atoms with Crippen LogP contribution in [0.15, 0.2) is 38.8 Å². The Labute approximate surface area is 204 Å². The van der Waals surface area contributed by atoms with E-state index in [4.69, 9.17) is 16.7 Å². The molecule has 0 saturated heterocycles. The van der Waals surface area contributed by atoms with E-state index in [-0.39, 0.29) is 42.1 Å². The SMILES string of the molecule is CCCCS(=O)(=O)C1=Nc2c(c(=O)n(CCCO)c(=O)n2C)CCC1CCc1ccc(Cl)cc1. The second kappa shape index (κ2) is 11.5. The van der Waals surface area contributed by atoms with Gasteiger partial charge in [0.25, 0.3) is 5.56 Å². The van der Waals surface area contributed by atoms with Gasteiger partial charge in [0.05, 0.1) is 11.3 Å². The van der Waals surface area contributed by atoms with Crippen LogP contribution < -0.4 is 11.2 Å². The first kappa shape index (κ1) is 26.4. The maximum atomic E-state index is 13.3. The predicted octanol–water partition coefficient (Wildman–Crippen LogP) is 3.02. The van der Waals surface area contributed by atoms with Crippen LogP contribution in [-0.4, -0.2) is 40.1 Å². The van der Waals surface area contributed by atoms with Crippen molar-refractivity contribution >= 4 is 32.3 Å². The van der Waals surface area contributed by atoms with Crippen LogP contribution in [0.1, 0.15) is 50.2 Å². The summed E-state index contributed by atoms with van der Waals surface area (Å²) in [5, 5.41) is 9.84. The van der Waals surface area contributed by atoms with Gasteiger partial charge in [-0.1, -0.05) is 37.1 Å². The molecule has 1 N–H and O–H groups in total. The molecule has 0 amide bonds. The number of aryl methyl sites for hydroxylation is 1. The quantitative estimate of drug-likeness (QED) is 0.558. The third-order valence-corrected chi connectivity index (χ3v) is 8.38. The lowest BCUT2D eigenvalue weighted by molar-refractivity contribution is 0.277. The van der Waals surface area contributed by atoms with Crippen molar-refractivity contribution in [3.05, 3.63) is 61.3 Å². The van der Waals surface area contributed by atoms with E-state index in [0.717, 1.165) is 16.6 Å². The first-order chi connectivity index (χ1) is 16.2. The van der Waals surface area contributed by atoms with Crippen molar-refractivity contribution in [3.63, 3.8) is 0 Å². The van der Waals surface area contributed by atoms with E-state index >= 15 is 0 Å². The first-order valence-corrected chi connectivity index (χ1v) is 13.7. The van der Waals surface area contributed by atoms with Crippen molar-refractivity contribution in [1.29, 1.82) is 0 Å². The Balaban J connectivity index is 2.06. The summed E-state index contributed by atoms with van der Waals surface area (Å²) in [4.78, 5) is 30.5. The molecule has 0 bridgehead atoms. The molecule has 1 aromatic heterocycles. The molecule has 0 radical (unpaired) electrons. The van der Waals surface area contributed by atoms with Crippen LogP contribution >= 0.6 is 11.6 Å². The Kier molecular flexibility index (Phi) is 8.89. The Morgan fingerprint density at radius 1 is 1.18 bits per heavy atom. The van der Waals surface area contributed by atoms with E-state index in [2.05, 4.69) is 4.99 Å². The van der Waals surface area contributed by atoms with E-state index in [1.807, 2.05) is 19.1 Å². The molecule has 2 heterocycles. The lowest BCUT2D eigenvalue weighted by Gasteiger charge is -2.18. The van der Waals surface area contributed by atoms with E-state index in [1.54, 1.807) is 12.1 Å². The zero-order valence-electron chi connectivity index (χ0n) is 19.7. The Morgan fingerprint density at radius 3 is 2.53 bits per heavy atom. The fraction of sp³-hybridized carbons (Fsp3) is 0.542. The van der Waals surface area contributed by atoms with Crippen molar-refractivity contribution in [2.45, 2.75) is 58.4 Å². The predicted molar refractivity (Wildman–Crippen MR) is 135 cm³/mol. The van der Waals surface area contributed by atoms with Crippen LogP contribution in [0.4, 0.5) is 5.82 Å². The highest BCUT2D eigenvalue weighted by Gasteiger charge is 2.32. The smallest absolute Gasteiger partial charge is 0.332 e. The molecule has 34 heavy (non-hydrogen) atoms. The lowest BCUT2D eigenvalue weighted by Crippen LogP contribution is -2.41. The Bertz CT molecular complexity index is 1260. The number of aromatic nitrogens is 2. The maximum Gasteiger partial charge on any atom is 0.332 e. The molecule has 10 heteroatoms. The summed E-state index contributed by atoms with van der Waals surface area (Å²) in [5.41, 5.74) is 0.359. The molecule has 2 aromatic rings. The van der Waals surface area contributed by atoms with Crippen molar-refractivity contribution in [3.8, 4) is 0 Å². The fourth-order valence-corrected chi connectivity index (χ4v) is 6.24. The van der Waals surface area contributed by atoms with Crippen LogP contribution in [-0.2, 0) is 36.3 Å². The zero-order chi connectivity index (χ0) is 24.9. The highest BCUT2D eigenvalue weighted by atomic mass is 35.5. The van der Waals surface area contributed by atoms with E-state index < -0.39 is 21.1 Å². The van der Waals surface area contributed by atoms with Crippen molar-refractivity contribution in [1.82, 2.24) is 9.13 Å². The van der Waals surface area contributed by atoms with Gasteiger partial charge in [0.2, 0.25) is 0 Å². The third-order valence-electron chi connectivity index (χ3n) is 6.24. The summed E-state index contributed by atoms with van der Waals surface area (Å²) < 4.78 is 29.0. The molecule has 1 aromatic carbocycles. The van der Waals surface area contributed by atoms with Gasteiger partial charge in [0.15, 0.2) is 9.84 Å². The number of aliphatic hydroxyl groups is 1. The summed E-state index contributed by atoms with van der Waals surface area (Å²) in [5.74, 6) is -0.263. The minimum absolute atomic E-state index is 0.0172. The first-order valence-electron chi connectivity index (χ1n) is 11.7. The van der Waals surface area contributed by atoms with Gasteiger partial charge < -0.3 is 5.11 Å². The third kappa shape index (κ3) is 5.87. The molecule has 0 aliphatic carbocycles. The number of rotatable bonds is 9. The van der Waals surface area contributed by atoms with Gasteiger partial charge in [0.1, 0.15) is 10.9 Å². The molecule has 0 saturated carbocycles. The second-order valence-electron chi connectivity index (χ2n) is 8.70. The number of unbranched alkanes of at least 4 members (excludes halogenated alkanes) is 1. The average Bonchev–Trinajstić information content (AvgIpc) is 3.02.